The maximum absolute atomic E-state index is 12.3. The molecular weight excluding hydrogens is 316 g/mol. The predicted octanol–water partition coefficient (Wildman–Crippen LogP) is 1.91. The molecule has 23 heavy (non-hydrogen) atoms. The van der Waals surface area contributed by atoms with Crippen molar-refractivity contribution in [2.45, 2.75) is 24.8 Å². The molecule has 0 spiro atoms. The zero-order valence-electron chi connectivity index (χ0n) is 12.9. The number of aryl methyl sites for hydroxylation is 1. The molecule has 122 valence electrons. The Hall–Kier alpha value is -2.25. The number of hydrogen-bond donors (Lipinski definition) is 1. The van der Waals surface area contributed by atoms with Crippen LogP contribution in [-0.2, 0) is 27.7 Å². The van der Waals surface area contributed by atoms with Gasteiger partial charge in [-0.3, -0.25) is 4.98 Å². The first-order valence-electron chi connectivity index (χ1n) is 7.07. The van der Waals surface area contributed by atoms with E-state index in [4.69, 9.17) is 0 Å². The fourth-order valence-corrected chi connectivity index (χ4v) is 3.10. The zero-order chi connectivity index (χ0) is 16.9. The average molecular weight is 334 g/mol. The van der Waals surface area contributed by atoms with Crippen molar-refractivity contribution in [1.29, 1.82) is 0 Å². The fourth-order valence-electron chi connectivity index (χ4n) is 2.01. The number of nitrogens with zero attached hydrogens (tertiary/aromatic N) is 1. The quantitative estimate of drug-likeness (QED) is 0.816. The van der Waals surface area contributed by atoms with Gasteiger partial charge in [-0.2, -0.15) is 0 Å². The minimum atomic E-state index is -3.62. The molecule has 0 aliphatic rings. The first-order valence-corrected chi connectivity index (χ1v) is 8.55. The van der Waals surface area contributed by atoms with E-state index in [9.17, 15) is 13.2 Å². The number of sulfonamides is 1. The summed E-state index contributed by atoms with van der Waals surface area (Å²) >= 11 is 0. The average Bonchev–Trinajstić information content (AvgIpc) is 2.59. The molecule has 0 unspecified atom stereocenters. The summed E-state index contributed by atoms with van der Waals surface area (Å²) in [6.45, 7) is 2.00. The van der Waals surface area contributed by atoms with Gasteiger partial charge < -0.3 is 4.74 Å². The molecule has 2 aromatic rings. The van der Waals surface area contributed by atoms with Crippen LogP contribution < -0.4 is 4.72 Å². The molecule has 0 atom stereocenters. The SMILES string of the molecule is CCc1cccc(S(=O)(=O)NCc2cncc(C(=O)OC)c2)c1. The van der Waals surface area contributed by atoms with E-state index >= 15 is 0 Å². The van der Waals surface area contributed by atoms with Gasteiger partial charge in [0.1, 0.15) is 0 Å². The lowest BCUT2D eigenvalue weighted by Crippen LogP contribution is -2.23. The van der Waals surface area contributed by atoms with Crippen molar-refractivity contribution >= 4 is 16.0 Å². The summed E-state index contributed by atoms with van der Waals surface area (Å²) in [5, 5.41) is 0. The Morgan fingerprint density at radius 1 is 1.22 bits per heavy atom. The van der Waals surface area contributed by atoms with Gasteiger partial charge in [0.25, 0.3) is 0 Å². The van der Waals surface area contributed by atoms with Crippen LogP contribution in [0.1, 0.15) is 28.4 Å². The molecule has 0 aliphatic carbocycles. The molecule has 1 N–H and O–H groups in total. The second-order valence-electron chi connectivity index (χ2n) is 4.90. The van der Waals surface area contributed by atoms with Crippen LogP contribution in [0.4, 0.5) is 0 Å². The van der Waals surface area contributed by atoms with E-state index in [0.717, 1.165) is 12.0 Å². The van der Waals surface area contributed by atoms with E-state index in [1.807, 2.05) is 13.0 Å². The number of carbonyl (C=O) groups excluding carboxylic acids is 1. The van der Waals surface area contributed by atoms with Crippen LogP contribution in [0.25, 0.3) is 0 Å². The van der Waals surface area contributed by atoms with Crippen LogP contribution in [0.2, 0.25) is 0 Å². The highest BCUT2D eigenvalue weighted by atomic mass is 32.2. The summed E-state index contributed by atoms with van der Waals surface area (Å²) in [4.78, 5) is 15.6. The molecule has 0 saturated carbocycles. The Bertz CT molecular complexity index is 803. The van der Waals surface area contributed by atoms with Gasteiger partial charge in [-0.05, 0) is 35.7 Å². The lowest BCUT2D eigenvalue weighted by molar-refractivity contribution is 0.0600. The van der Waals surface area contributed by atoms with Crippen LogP contribution in [0.3, 0.4) is 0 Å². The molecule has 0 amide bonds. The summed E-state index contributed by atoms with van der Waals surface area (Å²) in [5.74, 6) is -0.516. The zero-order valence-corrected chi connectivity index (χ0v) is 13.8. The highest BCUT2D eigenvalue weighted by Gasteiger charge is 2.14. The molecule has 2 rings (SSSR count). The van der Waals surface area contributed by atoms with E-state index < -0.39 is 16.0 Å². The van der Waals surface area contributed by atoms with Crippen molar-refractivity contribution in [2.24, 2.45) is 0 Å². The number of carbonyl (C=O) groups is 1. The van der Waals surface area contributed by atoms with Crippen molar-refractivity contribution in [1.82, 2.24) is 9.71 Å². The van der Waals surface area contributed by atoms with Crippen molar-refractivity contribution in [3.63, 3.8) is 0 Å². The van der Waals surface area contributed by atoms with Crippen molar-refractivity contribution in [2.75, 3.05) is 7.11 Å². The Labute approximate surface area is 135 Å². The highest BCUT2D eigenvalue weighted by molar-refractivity contribution is 7.89. The maximum Gasteiger partial charge on any atom is 0.339 e. The van der Waals surface area contributed by atoms with E-state index in [1.54, 1.807) is 24.3 Å². The molecule has 0 aliphatic heterocycles. The Morgan fingerprint density at radius 3 is 2.70 bits per heavy atom. The maximum atomic E-state index is 12.3. The second-order valence-corrected chi connectivity index (χ2v) is 6.67. The lowest BCUT2D eigenvalue weighted by atomic mass is 10.2. The topological polar surface area (TPSA) is 85.4 Å². The third-order valence-corrected chi connectivity index (χ3v) is 4.70. The van der Waals surface area contributed by atoms with Crippen molar-refractivity contribution in [3.8, 4) is 0 Å². The second kappa shape index (κ2) is 7.34. The third kappa shape index (κ3) is 4.37. The van der Waals surface area contributed by atoms with Gasteiger partial charge >= 0.3 is 5.97 Å². The molecule has 1 heterocycles. The van der Waals surface area contributed by atoms with Crippen LogP contribution >= 0.6 is 0 Å². The normalized spacial score (nSPS) is 11.2. The van der Waals surface area contributed by atoms with Crippen LogP contribution in [0, 0.1) is 0 Å². The molecule has 6 nitrogen and oxygen atoms in total. The van der Waals surface area contributed by atoms with Crippen molar-refractivity contribution < 1.29 is 17.9 Å². The monoisotopic (exact) mass is 334 g/mol. The molecule has 0 fully saturated rings. The lowest BCUT2D eigenvalue weighted by Gasteiger charge is -2.08. The molecule has 0 saturated heterocycles. The van der Waals surface area contributed by atoms with Crippen LogP contribution in [0.5, 0.6) is 0 Å². The number of nitrogens with one attached hydrogen (secondary N) is 1. The van der Waals surface area contributed by atoms with E-state index in [1.165, 1.54) is 19.5 Å². The van der Waals surface area contributed by atoms with Crippen LogP contribution in [0.15, 0.2) is 47.6 Å². The Kier molecular flexibility index (Phi) is 5.46. The molecule has 7 heteroatoms. The summed E-state index contributed by atoms with van der Waals surface area (Å²) < 4.78 is 31.8. The summed E-state index contributed by atoms with van der Waals surface area (Å²) in [6.07, 6.45) is 3.63. The van der Waals surface area contributed by atoms with Gasteiger partial charge in [0.2, 0.25) is 10.0 Å². The van der Waals surface area contributed by atoms with E-state index in [2.05, 4.69) is 14.4 Å². The van der Waals surface area contributed by atoms with Gasteiger partial charge in [0.05, 0.1) is 17.6 Å². The number of benzene rings is 1. The number of hydrogen-bond acceptors (Lipinski definition) is 5. The first kappa shape index (κ1) is 17.1. The van der Waals surface area contributed by atoms with E-state index in [-0.39, 0.29) is 17.0 Å². The largest absolute Gasteiger partial charge is 0.465 e. The smallest absolute Gasteiger partial charge is 0.339 e. The van der Waals surface area contributed by atoms with Crippen molar-refractivity contribution in [3.05, 3.63) is 59.4 Å². The molecular formula is C16H18N2O4S. The minimum absolute atomic E-state index is 0.0382. The summed E-state index contributed by atoms with van der Waals surface area (Å²) in [5.41, 5.74) is 1.79. The highest BCUT2D eigenvalue weighted by Crippen LogP contribution is 2.13. The number of methoxy groups -OCH3 is 1. The van der Waals surface area contributed by atoms with Gasteiger partial charge in [-0.25, -0.2) is 17.9 Å². The Morgan fingerprint density at radius 2 is 2.00 bits per heavy atom. The number of esters is 1. The van der Waals surface area contributed by atoms with Crippen LogP contribution in [-0.4, -0.2) is 26.5 Å². The molecule has 1 aromatic carbocycles. The number of pyridine rings is 1. The number of aromatic nitrogens is 1. The first-order chi connectivity index (χ1) is 11.0. The minimum Gasteiger partial charge on any atom is -0.465 e. The van der Waals surface area contributed by atoms with Gasteiger partial charge in [-0.1, -0.05) is 19.1 Å². The molecule has 0 radical (unpaired) electrons. The third-order valence-electron chi connectivity index (χ3n) is 3.30. The fraction of sp³-hybridized carbons (Fsp3) is 0.250. The predicted molar refractivity (Wildman–Crippen MR) is 85.4 cm³/mol. The molecule has 1 aromatic heterocycles. The van der Waals surface area contributed by atoms with E-state index in [0.29, 0.717) is 5.56 Å². The number of ether oxygens (including phenoxy) is 1. The van der Waals surface area contributed by atoms with Gasteiger partial charge in [0, 0.05) is 18.9 Å². The Balaban J connectivity index is 2.14. The van der Waals surface area contributed by atoms with Gasteiger partial charge in [-0.15, -0.1) is 0 Å². The summed E-state index contributed by atoms with van der Waals surface area (Å²) in [7, 11) is -2.35. The standard InChI is InChI=1S/C16H18N2O4S/c1-3-12-5-4-6-15(8-12)23(20,21)18-10-13-7-14(11-17-9-13)16(19)22-2/h4-9,11,18H,3,10H2,1-2H3. The summed E-state index contributed by atoms with van der Waals surface area (Å²) in [6, 6.07) is 8.33. The number of rotatable bonds is 6. The molecule has 0 bridgehead atoms. The van der Waals surface area contributed by atoms with Gasteiger partial charge in [0.15, 0.2) is 0 Å².